The highest BCUT2D eigenvalue weighted by atomic mass is 16.1. The Morgan fingerprint density at radius 2 is 1.87 bits per heavy atom. The lowest BCUT2D eigenvalue weighted by Crippen LogP contribution is -2.12. The minimum atomic E-state index is 0.0789. The number of ketones is 1. The highest BCUT2D eigenvalue weighted by Gasteiger charge is 2.13. The Bertz CT molecular complexity index is 387. The van der Waals surface area contributed by atoms with Gasteiger partial charge in [0.25, 0.3) is 0 Å². The van der Waals surface area contributed by atoms with E-state index in [0.29, 0.717) is 0 Å². The molecule has 0 saturated heterocycles. The van der Waals surface area contributed by atoms with Gasteiger partial charge in [-0.2, -0.15) is 0 Å². The zero-order valence-corrected chi connectivity index (χ0v) is 8.60. The topological polar surface area (TPSA) is 17.1 Å². The fourth-order valence-electron chi connectivity index (χ4n) is 1.77. The highest BCUT2D eigenvalue weighted by Crippen LogP contribution is 2.15. The zero-order chi connectivity index (χ0) is 10.5. The second kappa shape index (κ2) is 4.74. The molecule has 0 amide bonds. The third-order valence-electron chi connectivity index (χ3n) is 2.67. The molecule has 1 aliphatic carbocycles. The summed E-state index contributed by atoms with van der Waals surface area (Å²) < 4.78 is 0. The van der Waals surface area contributed by atoms with Gasteiger partial charge < -0.3 is 0 Å². The van der Waals surface area contributed by atoms with Crippen LogP contribution in [-0.2, 0) is 11.2 Å². The van der Waals surface area contributed by atoms with Gasteiger partial charge in [-0.1, -0.05) is 48.6 Å². The van der Waals surface area contributed by atoms with Crippen LogP contribution in [0.25, 0.3) is 0 Å². The Labute approximate surface area is 90.1 Å². The van der Waals surface area contributed by atoms with Crippen LogP contribution in [0.1, 0.15) is 12.0 Å². The van der Waals surface area contributed by atoms with Gasteiger partial charge in [0, 0.05) is 5.92 Å². The van der Waals surface area contributed by atoms with Gasteiger partial charge in [0.2, 0.25) is 0 Å². The fourth-order valence-corrected chi connectivity index (χ4v) is 1.77. The summed E-state index contributed by atoms with van der Waals surface area (Å²) in [6, 6.07) is 10.3. The number of rotatable bonds is 3. The average molecular weight is 198 g/mol. The Balaban J connectivity index is 1.91. The molecule has 0 heterocycles. The van der Waals surface area contributed by atoms with Crippen LogP contribution in [0.2, 0.25) is 0 Å². The number of carbonyl (C=O) groups is 1. The maximum atomic E-state index is 11.5. The van der Waals surface area contributed by atoms with Crippen molar-refractivity contribution in [3.8, 4) is 0 Å². The van der Waals surface area contributed by atoms with Crippen LogP contribution in [0.5, 0.6) is 0 Å². The molecule has 76 valence electrons. The smallest absolute Gasteiger partial charge is 0.162 e. The van der Waals surface area contributed by atoms with Gasteiger partial charge in [-0.3, -0.25) is 4.79 Å². The summed E-state index contributed by atoms with van der Waals surface area (Å²) in [6.07, 6.45) is 9.29. The maximum Gasteiger partial charge on any atom is 0.162 e. The monoisotopic (exact) mass is 198 g/mol. The second-order valence-corrected chi connectivity index (χ2v) is 3.78. The van der Waals surface area contributed by atoms with E-state index in [0.717, 1.165) is 12.8 Å². The molecule has 1 aromatic carbocycles. The lowest BCUT2D eigenvalue weighted by Gasteiger charge is -2.11. The Morgan fingerprint density at radius 1 is 1.07 bits per heavy atom. The molecule has 1 aliphatic rings. The third-order valence-corrected chi connectivity index (χ3v) is 2.67. The summed E-state index contributed by atoms with van der Waals surface area (Å²) in [7, 11) is 0. The molecule has 0 bridgehead atoms. The number of aryl methyl sites for hydroxylation is 1. The molecule has 0 aromatic heterocycles. The minimum Gasteiger partial charge on any atom is -0.294 e. The third kappa shape index (κ3) is 2.66. The van der Waals surface area contributed by atoms with E-state index in [1.165, 1.54) is 5.56 Å². The number of hydrogen-bond acceptors (Lipinski definition) is 1. The normalized spacial score (nSPS) is 19.5. The molecular weight excluding hydrogens is 184 g/mol. The first-order valence-electron chi connectivity index (χ1n) is 5.29. The molecule has 0 fully saturated rings. The van der Waals surface area contributed by atoms with Gasteiger partial charge in [0.15, 0.2) is 5.78 Å². The Kier molecular flexibility index (Phi) is 3.13. The van der Waals surface area contributed by atoms with Crippen LogP contribution in [0.3, 0.4) is 0 Å². The summed E-state index contributed by atoms with van der Waals surface area (Å²) in [6.45, 7) is 0. The van der Waals surface area contributed by atoms with E-state index in [1.54, 1.807) is 12.2 Å². The molecule has 0 spiro atoms. The van der Waals surface area contributed by atoms with Gasteiger partial charge >= 0.3 is 0 Å². The molecule has 0 aliphatic heterocycles. The fraction of sp³-hybridized carbons (Fsp3) is 0.214. The van der Waals surface area contributed by atoms with E-state index in [2.05, 4.69) is 12.1 Å². The summed E-state index contributed by atoms with van der Waals surface area (Å²) in [5, 5.41) is 0. The molecular formula is C14H14O. The number of allylic oxidation sites excluding steroid dienone is 4. The predicted molar refractivity (Wildman–Crippen MR) is 61.5 cm³/mol. The van der Waals surface area contributed by atoms with Crippen molar-refractivity contribution in [1.82, 2.24) is 0 Å². The lowest BCUT2D eigenvalue weighted by molar-refractivity contribution is -0.117. The van der Waals surface area contributed by atoms with Crippen LogP contribution in [0.15, 0.2) is 54.6 Å². The van der Waals surface area contributed by atoms with Crippen LogP contribution in [0.4, 0.5) is 0 Å². The second-order valence-electron chi connectivity index (χ2n) is 3.78. The lowest BCUT2D eigenvalue weighted by atomic mass is 9.92. The van der Waals surface area contributed by atoms with E-state index < -0.39 is 0 Å². The van der Waals surface area contributed by atoms with Crippen molar-refractivity contribution in [3.05, 3.63) is 60.2 Å². The van der Waals surface area contributed by atoms with Crippen LogP contribution < -0.4 is 0 Å². The van der Waals surface area contributed by atoms with E-state index in [4.69, 9.17) is 0 Å². The van der Waals surface area contributed by atoms with Crippen LogP contribution >= 0.6 is 0 Å². The summed E-state index contributed by atoms with van der Waals surface area (Å²) in [5.74, 6) is 0.309. The van der Waals surface area contributed by atoms with Crippen LogP contribution in [0, 0.1) is 5.92 Å². The van der Waals surface area contributed by atoms with Crippen molar-refractivity contribution in [2.45, 2.75) is 12.8 Å². The first kappa shape index (κ1) is 9.91. The van der Waals surface area contributed by atoms with Gasteiger partial charge in [0.1, 0.15) is 0 Å². The van der Waals surface area contributed by atoms with Crippen molar-refractivity contribution in [3.63, 3.8) is 0 Å². The minimum absolute atomic E-state index is 0.0789. The van der Waals surface area contributed by atoms with Crippen molar-refractivity contribution in [2.75, 3.05) is 0 Å². The molecule has 0 saturated carbocycles. The standard InChI is InChI=1S/C14H14O/c15-14-9-5-4-8-13(14)11-10-12-6-2-1-3-7-12/h1-9,13H,10-11H2. The molecule has 15 heavy (non-hydrogen) atoms. The van der Waals surface area contributed by atoms with E-state index >= 15 is 0 Å². The van der Waals surface area contributed by atoms with E-state index in [9.17, 15) is 4.79 Å². The maximum absolute atomic E-state index is 11.5. The van der Waals surface area contributed by atoms with Crippen molar-refractivity contribution < 1.29 is 4.79 Å². The Hall–Kier alpha value is -1.63. The largest absolute Gasteiger partial charge is 0.294 e. The molecule has 1 nitrogen and oxygen atoms in total. The first-order chi connectivity index (χ1) is 7.36. The molecule has 1 unspecified atom stereocenters. The van der Waals surface area contributed by atoms with Crippen molar-refractivity contribution in [2.24, 2.45) is 5.92 Å². The molecule has 1 atom stereocenters. The summed E-state index contributed by atoms with van der Waals surface area (Å²) >= 11 is 0. The van der Waals surface area contributed by atoms with Gasteiger partial charge in [-0.25, -0.2) is 0 Å². The zero-order valence-electron chi connectivity index (χ0n) is 8.60. The molecule has 1 heteroatoms. The van der Waals surface area contributed by atoms with Gasteiger partial charge in [0.05, 0.1) is 0 Å². The number of benzene rings is 1. The highest BCUT2D eigenvalue weighted by molar-refractivity contribution is 5.94. The van der Waals surface area contributed by atoms with Crippen molar-refractivity contribution >= 4 is 5.78 Å². The summed E-state index contributed by atoms with van der Waals surface area (Å²) in [4.78, 5) is 11.5. The van der Waals surface area contributed by atoms with Gasteiger partial charge in [-0.05, 0) is 24.5 Å². The van der Waals surface area contributed by atoms with E-state index in [-0.39, 0.29) is 11.7 Å². The predicted octanol–water partition coefficient (Wildman–Crippen LogP) is 2.93. The quantitative estimate of drug-likeness (QED) is 0.729. The molecule has 2 rings (SSSR count). The van der Waals surface area contributed by atoms with E-state index in [1.807, 2.05) is 30.4 Å². The average Bonchev–Trinajstić information content (AvgIpc) is 2.29. The molecule has 0 N–H and O–H groups in total. The Morgan fingerprint density at radius 3 is 2.60 bits per heavy atom. The molecule has 1 aromatic rings. The molecule has 0 radical (unpaired) electrons. The SMILES string of the molecule is O=C1C=CC=CC1CCc1ccccc1. The summed E-state index contributed by atoms with van der Waals surface area (Å²) in [5.41, 5.74) is 1.30. The first-order valence-corrected chi connectivity index (χ1v) is 5.29. The van der Waals surface area contributed by atoms with Gasteiger partial charge in [-0.15, -0.1) is 0 Å². The number of hydrogen-bond donors (Lipinski definition) is 0. The van der Waals surface area contributed by atoms with Crippen molar-refractivity contribution in [1.29, 1.82) is 0 Å². The number of carbonyl (C=O) groups excluding carboxylic acids is 1. The van der Waals surface area contributed by atoms with Crippen LogP contribution in [-0.4, -0.2) is 5.78 Å².